The molecular weight excluding hydrogens is 642 g/mol. The third-order valence-electron chi connectivity index (χ3n) is 7.54. The smallest absolute Gasteiger partial charge is 0.266 e. The van der Waals surface area contributed by atoms with E-state index in [1.165, 1.54) is 28.8 Å². The molecule has 3 atom stereocenters. The number of halogens is 1. The minimum absolute atomic E-state index is 0.0286. The number of H-pyrrole nitrogens is 1. The average Bonchev–Trinajstić information content (AvgIpc) is 3.46. The van der Waals surface area contributed by atoms with Gasteiger partial charge in [-0.3, -0.25) is 28.8 Å². The molecule has 1 aliphatic heterocycles. The number of hydrogen-bond acceptors (Lipinski definition) is 8. The van der Waals surface area contributed by atoms with E-state index < -0.39 is 53.9 Å². The Labute approximate surface area is 282 Å². The Hall–Kier alpha value is -5.05. The lowest BCUT2D eigenvalue weighted by atomic mass is 10.0. The number of carbonyl (C=O) groups excluding carboxylic acids is 5. The van der Waals surface area contributed by atoms with E-state index in [1.807, 2.05) is 44.2 Å². The molecule has 16 heteroatoms. The van der Waals surface area contributed by atoms with Gasteiger partial charge in [0, 0.05) is 24.8 Å². The third kappa shape index (κ3) is 9.50. The Morgan fingerprint density at radius 1 is 0.958 bits per heavy atom. The summed E-state index contributed by atoms with van der Waals surface area (Å²) in [6, 6.07) is 7.71. The van der Waals surface area contributed by atoms with E-state index in [-0.39, 0.29) is 48.5 Å². The molecule has 0 unspecified atom stereocenters. The fourth-order valence-corrected chi connectivity index (χ4v) is 5.28. The highest BCUT2D eigenvalue weighted by Gasteiger charge is 2.29. The molecule has 4 rings (SSSR count). The highest BCUT2D eigenvalue weighted by molar-refractivity contribution is 6.30. The molecule has 5 amide bonds. The molecule has 1 aromatic carbocycles. The number of hydrogen-bond donors (Lipinski definition) is 5. The van der Waals surface area contributed by atoms with Crippen molar-refractivity contribution in [3.05, 3.63) is 69.4 Å². The number of fused-ring (bicyclic) bond motifs is 1. The fraction of sp³-hybridized carbons (Fsp3) is 0.438. The highest BCUT2D eigenvalue weighted by Crippen LogP contribution is 2.19. The molecule has 3 aromatic rings. The van der Waals surface area contributed by atoms with E-state index in [1.54, 1.807) is 6.92 Å². The van der Waals surface area contributed by atoms with Crippen LogP contribution in [-0.2, 0) is 25.7 Å². The van der Waals surface area contributed by atoms with E-state index >= 15 is 0 Å². The minimum atomic E-state index is -1.05. The summed E-state index contributed by atoms with van der Waals surface area (Å²) in [5.74, 6) is -1.95. The van der Waals surface area contributed by atoms with Crippen molar-refractivity contribution in [3.8, 4) is 11.4 Å². The zero-order valence-corrected chi connectivity index (χ0v) is 28.0. The van der Waals surface area contributed by atoms with Gasteiger partial charge in [0.25, 0.3) is 11.5 Å². The topological polar surface area (TPSA) is 200 Å². The van der Waals surface area contributed by atoms with Crippen LogP contribution in [0.3, 0.4) is 0 Å². The van der Waals surface area contributed by atoms with Gasteiger partial charge in [-0.15, -0.1) is 0 Å². The summed E-state index contributed by atoms with van der Waals surface area (Å²) in [6.45, 7) is 6.55. The van der Waals surface area contributed by atoms with Gasteiger partial charge in [-0.2, -0.15) is 5.10 Å². The molecule has 0 aliphatic carbocycles. The summed E-state index contributed by atoms with van der Waals surface area (Å²) in [5.41, 5.74) is 0.194. The van der Waals surface area contributed by atoms with Gasteiger partial charge < -0.3 is 31.2 Å². The Balaban J connectivity index is 1.64. The summed E-state index contributed by atoms with van der Waals surface area (Å²) in [6.07, 6.45) is 1.76. The van der Waals surface area contributed by atoms with Crippen LogP contribution in [0.1, 0.15) is 62.8 Å². The van der Waals surface area contributed by atoms with Crippen molar-refractivity contribution in [1.29, 1.82) is 0 Å². The first kappa shape index (κ1) is 35.8. The van der Waals surface area contributed by atoms with Gasteiger partial charge in [0.05, 0.1) is 18.2 Å². The van der Waals surface area contributed by atoms with Gasteiger partial charge in [-0.25, -0.2) is 9.67 Å². The number of aromatic nitrogens is 4. The van der Waals surface area contributed by atoms with Crippen molar-refractivity contribution in [2.45, 2.75) is 65.2 Å². The second kappa shape index (κ2) is 16.2. The lowest BCUT2D eigenvalue weighted by Gasteiger charge is -2.25. The van der Waals surface area contributed by atoms with Crippen LogP contribution in [0, 0.1) is 5.92 Å². The van der Waals surface area contributed by atoms with Gasteiger partial charge in [0.2, 0.25) is 23.6 Å². The Bertz CT molecular complexity index is 1710. The van der Waals surface area contributed by atoms with E-state index in [2.05, 4.69) is 36.3 Å². The standard InChI is InChI=1S/C32H40ClN9O6/c1-18(2)13-24-31(47)37-19(3)28-39-27(21-9-6-5-7-10-21)40-42(28)17-25(43)34-11-8-12-41(16-26(44)36-20(4)29(45)38-24)32(48)22-14-23(33)30(46)35-15-22/h5-7,9-10,14-15,18-20,24H,8,11-13,16-17H2,1-4H3,(H,34,43)(H,35,46)(H,36,44)(H,37,47)(H,38,45)/t19-,20+,24+/m0/s1. The number of pyridine rings is 1. The Kier molecular flexibility index (Phi) is 12.1. The van der Waals surface area contributed by atoms with Crippen LogP contribution < -0.4 is 26.8 Å². The molecular formula is C32H40ClN9O6. The van der Waals surface area contributed by atoms with Gasteiger partial charge in [0.1, 0.15) is 29.5 Å². The van der Waals surface area contributed by atoms with Crippen LogP contribution in [0.15, 0.2) is 47.4 Å². The zero-order chi connectivity index (χ0) is 35.0. The first-order chi connectivity index (χ1) is 22.8. The van der Waals surface area contributed by atoms with Crippen molar-refractivity contribution in [1.82, 2.24) is 45.9 Å². The molecule has 1 aliphatic rings. The maximum atomic E-state index is 13.5. The van der Waals surface area contributed by atoms with E-state index in [0.29, 0.717) is 18.1 Å². The molecule has 0 fully saturated rings. The average molecular weight is 682 g/mol. The van der Waals surface area contributed by atoms with Crippen LogP contribution in [0.5, 0.6) is 0 Å². The van der Waals surface area contributed by atoms with Crippen molar-refractivity contribution in [2.75, 3.05) is 19.6 Å². The number of aromatic amines is 1. The summed E-state index contributed by atoms with van der Waals surface area (Å²) in [5, 5.41) is 15.4. The van der Waals surface area contributed by atoms with Crippen molar-refractivity contribution in [3.63, 3.8) is 0 Å². The monoisotopic (exact) mass is 681 g/mol. The van der Waals surface area contributed by atoms with Gasteiger partial charge >= 0.3 is 0 Å². The first-order valence-corrected chi connectivity index (χ1v) is 16.0. The Morgan fingerprint density at radius 2 is 1.69 bits per heavy atom. The van der Waals surface area contributed by atoms with Crippen molar-refractivity contribution < 1.29 is 24.0 Å². The van der Waals surface area contributed by atoms with Gasteiger partial charge in [-0.05, 0) is 38.7 Å². The molecule has 0 bridgehead atoms. The van der Waals surface area contributed by atoms with E-state index in [9.17, 15) is 28.8 Å². The molecule has 3 heterocycles. The van der Waals surface area contributed by atoms with E-state index in [4.69, 9.17) is 11.6 Å². The van der Waals surface area contributed by atoms with Crippen LogP contribution >= 0.6 is 11.6 Å². The normalized spacial score (nSPS) is 20.4. The van der Waals surface area contributed by atoms with Gasteiger partial charge in [-0.1, -0.05) is 55.8 Å². The van der Waals surface area contributed by atoms with Crippen molar-refractivity contribution >= 4 is 41.1 Å². The number of nitrogens with one attached hydrogen (secondary N) is 5. The van der Waals surface area contributed by atoms with Crippen molar-refractivity contribution in [2.24, 2.45) is 5.92 Å². The molecule has 0 radical (unpaired) electrons. The minimum Gasteiger partial charge on any atom is -0.354 e. The maximum Gasteiger partial charge on any atom is 0.266 e. The zero-order valence-electron chi connectivity index (χ0n) is 27.2. The second-order valence-electron chi connectivity index (χ2n) is 12.0. The molecule has 5 N–H and O–H groups in total. The lowest BCUT2D eigenvalue weighted by molar-refractivity contribution is -0.132. The maximum absolute atomic E-state index is 13.5. The predicted molar refractivity (Wildman–Crippen MR) is 177 cm³/mol. The Morgan fingerprint density at radius 3 is 2.38 bits per heavy atom. The fourth-order valence-electron chi connectivity index (χ4n) is 5.11. The summed E-state index contributed by atoms with van der Waals surface area (Å²) >= 11 is 5.93. The van der Waals surface area contributed by atoms with Crippen LogP contribution in [0.25, 0.3) is 11.4 Å². The van der Waals surface area contributed by atoms with Crippen LogP contribution in [-0.4, -0.2) is 85.9 Å². The summed E-state index contributed by atoms with van der Waals surface area (Å²) in [4.78, 5) is 86.3. The summed E-state index contributed by atoms with van der Waals surface area (Å²) < 4.78 is 1.42. The highest BCUT2D eigenvalue weighted by atomic mass is 35.5. The molecule has 2 aromatic heterocycles. The van der Waals surface area contributed by atoms with Crippen LogP contribution in [0.4, 0.5) is 0 Å². The first-order valence-electron chi connectivity index (χ1n) is 15.7. The predicted octanol–water partition coefficient (Wildman–Crippen LogP) is 1.16. The molecule has 48 heavy (non-hydrogen) atoms. The van der Waals surface area contributed by atoms with Gasteiger partial charge in [0.15, 0.2) is 5.82 Å². The van der Waals surface area contributed by atoms with Crippen LogP contribution in [0.2, 0.25) is 5.02 Å². The lowest BCUT2D eigenvalue weighted by Crippen LogP contribution is -2.54. The second-order valence-corrected chi connectivity index (χ2v) is 12.4. The largest absolute Gasteiger partial charge is 0.354 e. The summed E-state index contributed by atoms with van der Waals surface area (Å²) in [7, 11) is 0. The molecule has 15 nitrogen and oxygen atoms in total. The SMILES string of the molecule is CC(C)C[C@H]1NC(=O)[C@@H](C)NC(=O)CN(C(=O)c2c[nH]c(=O)c(Cl)c2)CCCNC(=O)Cn2nc(-c3ccccc3)nc2[C@H](C)NC1=O. The number of benzene rings is 1. The number of amides is 5. The number of nitrogens with zero attached hydrogens (tertiary/aromatic N) is 4. The molecule has 256 valence electrons. The third-order valence-corrected chi connectivity index (χ3v) is 7.82. The van der Waals surface area contributed by atoms with E-state index in [0.717, 1.165) is 5.56 Å². The quantitative estimate of drug-likeness (QED) is 0.270. The molecule has 0 spiro atoms. The number of rotatable bonds is 4. The number of carbonyl (C=O) groups is 5. The molecule has 0 saturated carbocycles. The molecule has 0 saturated heterocycles.